The summed E-state index contributed by atoms with van der Waals surface area (Å²) >= 11 is 0. The van der Waals surface area contributed by atoms with E-state index < -0.39 is 10.0 Å². The molecule has 3 rings (SSSR count). The smallest absolute Gasteiger partial charge is 0.240 e. The Kier molecular flexibility index (Phi) is 3.93. The van der Waals surface area contributed by atoms with Gasteiger partial charge in [-0.1, -0.05) is 24.3 Å². The molecule has 0 aliphatic carbocycles. The maximum absolute atomic E-state index is 12.4. The summed E-state index contributed by atoms with van der Waals surface area (Å²) < 4.78 is 33.1. The Labute approximate surface area is 131 Å². The van der Waals surface area contributed by atoms with E-state index >= 15 is 0 Å². The van der Waals surface area contributed by atoms with Crippen LogP contribution in [0.3, 0.4) is 0 Å². The van der Waals surface area contributed by atoms with Gasteiger partial charge in [-0.2, -0.15) is 0 Å². The number of nitrogens with one attached hydrogen (secondary N) is 1. The van der Waals surface area contributed by atoms with Crippen molar-refractivity contribution in [2.45, 2.75) is 24.7 Å². The summed E-state index contributed by atoms with van der Waals surface area (Å²) in [5.41, 5.74) is 3.11. The molecule has 2 aromatic carbocycles. The van der Waals surface area contributed by atoms with Crippen LogP contribution in [0, 0.1) is 13.8 Å². The Morgan fingerprint density at radius 1 is 1.14 bits per heavy atom. The molecule has 4 nitrogen and oxygen atoms in total. The summed E-state index contributed by atoms with van der Waals surface area (Å²) in [5, 5.41) is 0. The molecule has 0 amide bonds. The number of rotatable bonds is 4. The zero-order chi connectivity index (χ0) is 15.7. The first kappa shape index (κ1) is 15.1. The van der Waals surface area contributed by atoms with E-state index in [2.05, 4.69) is 4.72 Å². The molecular formula is C17H19NO3S. The number of hydrogen-bond donors (Lipinski definition) is 1. The van der Waals surface area contributed by atoms with Gasteiger partial charge >= 0.3 is 0 Å². The highest BCUT2D eigenvalue weighted by Gasteiger charge is 2.25. The van der Waals surface area contributed by atoms with Crippen LogP contribution < -0.4 is 9.46 Å². The van der Waals surface area contributed by atoms with Gasteiger partial charge in [-0.05, 0) is 43.2 Å². The van der Waals surface area contributed by atoms with E-state index in [1.165, 1.54) is 0 Å². The van der Waals surface area contributed by atoms with Gasteiger partial charge in [0.25, 0.3) is 0 Å². The standard InChI is InChI=1S/C17H19NO3S/c1-12-7-8-15(9-13(12)2)22(19,20)18-10-14-11-21-17-6-4-3-5-16(14)17/h3-9,14,18H,10-11H2,1-2H3. The molecule has 2 aromatic rings. The molecule has 0 radical (unpaired) electrons. The van der Waals surface area contributed by atoms with Crippen LogP contribution in [0.1, 0.15) is 22.6 Å². The summed E-state index contributed by atoms with van der Waals surface area (Å²) in [7, 11) is -3.50. The van der Waals surface area contributed by atoms with Gasteiger partial charge < -0.3 is 4.74 Å². The van der Waals surface area contributed by atoms with Crippen molar-refractivity contribution < 1.29 is 13.2 Å². The van der Waals surface area contributed by atoms with Crippen LogP contribution in [-0.2, 0) is 10.0 Å². The van der Waals surface area contributed by atoms with Gasteiger partial charge in [0, 0.05) is 18.0 Å². The van der Waals surface area contributed by atoms with Crippen molar-refractivity contribution >= 4 is 10.0 Å². The second-order valence-electron chi connectivity index (χ2n) is 5.64. The molecule has 0 bridgehead atoms. The van der Waals surface area contributed by atoms with Gasteiger partial charge in [0.05, 0.1) is 11.5 Å². The third-order valence-corrected chi connectivity index (χ3v) is 5.53. The second kappa shape index (κ2) is 5.74. The first-order chi connectivity index (χ1) is 10.5. The molecule has 1 aliphatic rings. The largest absolute Gasteiger partial charge is 0.493 e. The van der Waals surface area contributed by atoms with Crippen molar-refractivity contribution in [1.82, 2.24) is 4.72 Å². The number of fused-ring (bicyclic) bond motifs is 1. The average molecular weight is 317 g/mol. The third-order valence-electron chi connectivity index (χ3n) is 4.11. The number of hydrogen-bond acceptors (Lipinski definition) is 3. The monoisotopic (exact) mass is 317 g/mol. The number of para-hydroxylation sites is 1. The maximum Gasteiger partial charge on any atom is 0.240 e. The summed E-state index contributed by atoms with van der Waals surface area (Å²) in [6.45, 7) is 4.72. The fraction of sp³-hybridized carbons (Fsp3) is 0.294. The third kappa shape index (κ3) is 2.87. The van der Waals surface area contributed by atoms with Crippen molar-refractivity contribution in [2.24, 2.45) is 0 Å². The molecule has 1 N–H and O–H groups in total. The van der Waals surface area contributed by atoms with Crippen molar-refractivity contribution in [3.8, 4) is 5.75 Å². The Bertz CT molecular complexity index is 799. The summed E-state index contributed by atoms with van der Waals surface area (Å²) in [6.07, 6.45) is 0. The molecule has 116 valence electrons. The molecule has 0 saturated carbocycles. The molecule has 22 heavy (non-hydrogen) atoms. The summed E-state index contributed by atoms with van der Waals surface area (Å²) in [6, 6.07) is 12.9. The fourth-order valence-corrected chi connectivity index (χ4v) is 3.74. The van der Waals surface area contributed by atoms with E-state index in [1.807, 2.05) is 44.2 Å². The van der Waals surface area contributed by atoms with E-state index in [0.717, 1.165) is 22.4 Å². The summed E-state index contributed by atoms with van der Waals surface area (Å²) in [5.74, 6) is 0.899. The minimum absolute atomic E-state index is 0.0533. The van der Waals surface area contributed by atoms with Crippen LogP contribution in [0.25, 0.3) is 0 Å². The Morgan fingerprint density at radius 3 is 2.68 bits per heavy atom. The molecule has 1 aliphatic heterocycles. The lowest BCUT2D eigenvalue weighted by Crippen LogP contribution is -2.29. The van der Waals surface area contributed by atoms with E-state index in [4.69, 9.17) is 4.74 Å². The number of aryl methyl sites for hydroxylation is 2. The van der Waals surface area contributed by atoms with Crippen molar-refractivity contribution in [3.05, 3.63) is 59.2 Å². The first-order valence-corrected chi connectivity index (χ1v) is 8.74. The van der Waals surface area contributed by atoms with Crippen molar-refractivity contribution in [1.29, 1.82) is 0 Å². The molecular weight excluding hydrogens is 298 g/mol. The molecule has 0 saturated heterocycles. The maximum atomic E-state index is 12.4. The predicted molar refractivity (Wildman–Crippen MR) is 85.8 cm³/mol. The highest BCUT2D eigenvalue weighted by molar-refractivity contribution is 7.89. The first-order valence-electron chi connectivity index (χ1n) is 7.26. The van der Waals surface area contributed by atoms with Crippen molar-refractivity contribution in [2.75, 3.05) is 13.2 Å². The minimum Gasteiger partial charge on any atom is -0.493 e. The predicted octanol–water partition coefficient (Wildman–Crippen LogP) is 2.76. The Morgan fingerprint density at radius 2 is 1.91 bits per heavy atom. The zero-order valence-corrected chi connectivity index (χ0v) is 13.5. The van der Waals surface area contributed by atoms with Crippen LogP contribution in [0.5, 0.6) is 5.75 Å². The number of sulfonamides is 1. The number of benzene rings is 2. The van der Waals surface area contributed by atoms with Crippen LogP contribution >= 0.6 is 0 Å². The number of ether oxygens (including phenoxy) is 1. The molecule has 1 heterocycles. The normalized spacial score (nSPS) is 17.1. The van der Waals surface area contributed by atoms with Gasteiger partial charge in [-0.15, -0.1) is 0 Å². The minimum atomic E-state index is -3.50. The topological polar surface area (TPSA) is 55.4 Å². The van der Waals surface area contributed by atoms with Crippen molar-refractivity contribution in [3.63, 3.8) is 0 Å². The zero-order valence-electron chi connectivity index (χ0n) is 12.7. The average Bonchev–Trinajstić information content (AvgIpc) is 2.91. The van der Waals surface area contributed by atoms with Gasteiger partial charge in [0.15, 0.2) is 0 Å². The lowest BCUT2D eigenvalue weighted by Gasteiger charge is -2.12. The Hall–Kier alpha value is -1.85. The second-order valence-corrected chi connectivity index (χ2v) is 7.41. The molecule has 1 unspecified atom stereocenters. The quantitative estimate of drug-likeness (QED) is 0.943. The van der Waals surface area contributed by atoms with Gasteiger partial charge in [-0.3, -0.25) is 0 Å². The summed E-state index contributed by atoms with van der Waals surface area (Å²) in [4.78, 5) is 0.308. The highest BCUT2D eigenvalue weighted by Crippen LogP contribution is 2.33. The highest BCUT2D eigenvalue weighted by atomic mass is 32.2. The van der Waals surface area contributed by atoms with Crippen LogP contribution in [0.2, 0.25) is 0 Å². The van der Waals surface area contributed by atoms with Crippen LogP contribution in [0.15, 0.2) is 47.4 Å². The van der Waals surface area contributed by atoms with Crippen LogP contribution in [0.4, 0.5) is 0 Å². The van der Waals surface area contributed by atoms with E-state index in [9.17, 15) is 8.42 Å². The molecule has 0 aromatic heterocycles. The molecule has 5 heteroatoms. The van der Waals surface area contributed by atoms with E-state index in [0.29, 0.717) is 18.0 Å². The van der Waals surface area contributed by atoms with Gasteiger partial charge in [0.2, 0.25) is 10.0 Å². The SMILES string of the molecule is Cc1ccc(S(=O)(=O)NCC2COc3ccccc32)cc1C. The van der Waals surface area contributed by atoms with E-state index in [-0.39, 0.29) is 5.92 Å². The van der Waals surface area contributed by atoms with E-state index in [1.54, 1.807) is 12.1 Å². The van der Waals surface area contributed by atoms with Gasteiger partial charge in [0.1, 0.15) is 5.75 Å². The lowest BCUT2D eigenvalue weighted by atomic mass is 10.0. The molecule has 0 fully saturated rings. The Balaban J connectivity index is 1.75. The lowest BCUT2D eigenvalue weighted by molar-refractivity contribution is 0.330. The molecule has 1 atom stereocenters. The van der Waals surface area contributed by atoms with Crippen LogP contribution in [-0.4, -0.2) is 21.6 Å². The molecule has 0 spiro atoms. The van der Waals surface area contributed by atoms with Gasteiger partial charge in [-0.25, -0.2) is 13.1 Å². The fourth-order valence-electron chi connectivity index (χ4n) is 2.57.